The number of urea groups is 1. The first kappa shape index (κ1) is 16.5. The van der Waals surface area contributed by atoms with Crippen LogP contribution in [-0.2, 0) is 11.3 Å². The summed E-state index contributed by atoms with van der Waals surface area (Å²) in [6, 6.07) is 6.88. The lowest BCUT2D eigenvalue weighted by Crippen LogP contribution is -2.45. The molecule has 0 saturated heterocycles. The zero-order valence-electron chi connectivity index (χ0n) is 11.5. The Bertz CT molecular complexity index is 477. The van der Waals surface area contributed by atoms with Gasteiger partial charge < -0.3 is 15.7 Å². The molecule has 1 rings (SSSR count). The molecule has 2 amide bonds. The van der Waals surface area contributed by atoms with Gasteiger partial charge in [-0.05, 0) is 23.6 Å². The first-order valence-electron chi connectivity index (χ1n) is 6.39. The number of benzene rings is 1. The van der Waals surface area contributed by atoms with E-state index in [0.29, 0.717) is 6.54 Å². The predicted octanol–water partition coefficient (Wildman–Crippen LogP) is 2.75. The third kappa shape index (κ3) is 6.06. The average molecular weight is 343 g/mol. The number of carbonyl (C=O) groups excluding carboxylic acids is 1. The number of hydrogen-bond acceptors (Lipinski definition) is 2. The lowest BCUT2D eigenvalue weighted by atomic mass is 10.0. The van der Waals surface area contributed by atoms with E-state index in [0.717, 1.165) is 10.0 Å². The van der Waals surface area contributed by atoms with Crippen LogP contribution < -0.4 is 10.6 Å². The van der Waals surface area contributed by atoms with Crippen LogP contribution in [0, 0.1) is 5.92 Å². The number of carboxylic acid groups (broad SMARTS) is 1. The normalized spacial score (nSPS) is 12.0. The Hall–Kier alpha value is -1.56. The van der Waals surface area contributed by atoms with Crippen molar-refractivity contribution in [2.45, 2.75) is 32.9 Å². The smallest absolute Gasteiger partial charge is 0.315 e. The quantitative estimate of drug-likeness (QED) is 0.743. The Labute approximate surface area is 126 Å². The van der Waals surface area contributed by atoms with Gasteiger partial charge in [-0.3, -0.25) is 4.79 Å². The van der Waals surface area contributed by atoms with Crippen LogP contribution in [0.2, 0.25) is 0 Å². The second kappa shape index (κ2) is 7.89. The minimum Gasteiger partial charge on any atom is -0.481 e. The van der Waals surface area contributed by atoms with Gasteiger partial charge in [-0.25, -0.2) is 4.79 Å². The van der Waals surface area contributed by atoms with E-state index in [9.17, 15) is 9.59 Å². The van der Waals surface area contributed by atoms with Gasteiger partial charge in [0.2, 0.25) is 0 Å². The van der Waals surface area contributed by atoms with E-state index in [4.69, 9.17) is 5.11 Å². The maximum atomic E-state index is 11.8. The van der Waals surface area contributed by atoms with Crippen molar-refractivity contribution in [3.05, 3.63) is 34.3 Å². The summed E-state index contributed by atoms with van der Waals surface area (Å²) in [5.41, 5.74) is 0.967. The lowest BCUT2D eigenvalue weighted by molar-refractivity contribution is -0.137. The van der Waals surface area contributed by atoms with E-state index in [1.54, 1.807) is 0 Å². The highest BCUT2D eigenvalue weighted by atomic mass is 79.9. The molecule has 3 N–H and O–H groups in total. The van der Waals surface area contributed by atoms with Crippen molar-refractivity contribution < 1.29 is 14.7 Å². The third-order valence-electron chi connectivity index (χ3n) is 2.86. The monoisotopic (exact) mass is 342 g/mol. The summed E-state index contributed by atoms with van der Waals surface area (Å²) >= 11 is 3.36. The standard InChI is InChI=1S/C14H19BrN2O3/c1-9(2)12(7-13(18)19)17-14(20)16-8-10-4-3-5-11(15)6-10/h3-6,9,12H,7-8H2,1-2H3,(H,18,19)(H2,16,17,20). The largest absolute Gasteiger partial charge is 0.481 e. The first-order chi connectivity index (χ1) is 9.38. The Morgan fingerprint density at radius 3 is 2.60 bits per heavy atom. The number of carboxylic acids is 1. The molecule has 6 heteroatoms. The van der Waals surface area contributed by atoms with Gasteiger partial charge in [0.1, 0.15) is 0 Å². The van der Waals surface area contributed by atoms with Crippen LogP contribution in [0.15, 0.2) is 28.7 Å². The second-order valence-corrected chi connectivity index (χ2v) is 5.82. The summed E-state index contributed by atoms with van der Waals surface area (Å²) in [5, 5.41) is 14.2. The molecule has 1 unspecified atom stereocenters. The van der Waals surface area contributed by atoms with Gasteiger partial charge >= 0.3 is 12.0 Å². The van der Waals surface area contributed by atoms with Gasteiger partial charge in [-0.15, -0.1) is 0 Å². The van der Waals surface area contributed by atoms with E-state index in [-0.39, 0.29) is 24.4 Å². The number of halogens is 1. The Kier molecular flexibility index (Phi) is 6.51. The summed E-state index contributed by atoms with van der Waals surface area (Å²) in [5.74, 6) is -0.862. The molecule has 0 saturated carbocycles. The van der Waals surface area contributed by atoms with E-state index in [1.165, 1.54) is 0 Å². The van der Waals surface area contributed by atoms with E-state index in [1.807, 2.05) is 38.1 Å². The molecule has 20 heavy (non-hydrogen) atoms. The van der Waals surface area contributed by atoms with Gasteiger partial charge in [0, 0.05) is 17.1 Å². The second-order valence-electron chi connectivity index (χ2n) is 4.91. The average Bonchev–Trinajstić information content (AvgIpc) is 2.35. The summed E-state index contributed by atoms with van der Waals surface area (Å²) < 4.78 is 0.947. The predicted molar refractivity (Wildman–Crippen MR) is 80.4 cm³/mol. The van der Waals surface area contributed by atoms with Crippen molar-refractivity contribution in [2.75, 3.05) is 0 Å². The minimum atomic E-state index is -0.920. The molecular formula is C14H19BrN2O3. The molecule has 1 aromatic carbocycles. The summed E-state index contributed by atoms with van der Waals surface area (Å²) in [6.45, 7) is 4.15. The summed E-state index contributed by atoms with van der Waals surface area (Å²) in [6.07, 6.45) is -0.0814. The van der Waals surface area contributed by atoms with Crippen LogP contribution in [0.25, 0.3) is 0 Å². The zero-order valence-corrected chi connectivity index (χ0v) is 13.1. The van der Waals surface area contributed by atoms with Crippen molar-refractivity contribution >= 4 is 27.9 Å². The van der Waals surface area contributed by atoms with Gasteiger partial charge in [0.05, 0.1) is 6.42 Å². The Morgan fingerprint density at radius 2 is 2.05 bits per heavy atom. The first-order valence-corrected chi connectivity index (χ1v) is 7.18. The molecule has 0 aliphatic rings. The van der Waals surface area contributed by atoms with Crippen LogP contribution in [0.4, 0.5) is 4.79 Å². The molecule has 0 radical (unpaired) electrons. The fourth-order valence-electron chi connectivity index (χ4n) is 1.69. The molecule has 1 aromatic rings. The fraction of sp³-hybridized carbons (Fsp3) is 0.429. The van der Waals surface area contributed by atoms with Crippen molar-refractivity contribution in [3.63, 3.8) is 0 Å². The van der Waals surface area contributed by atoms with E-state index in [2.05, 4.69) is 26.6 Å². The van der Waals surface area contributed by atoms with E-state index < -0.39 is 5.97 Å². The van der Waals surface area contributed by atoms with Crippen molar-refractivity contribution in [3.8, 4) is 0 Å². The fourth-order valence-corrected chi connectivity index (χ4v) is 2.14. The third-order valence-corrected chi connectivity index (χ3v) is 3.35. The van der Waals surface area contributed by atoms with Gasteiger partial charge in [0.15, 0.2) is 0 Å². The number of rotatable bonds is 6. The zero-order chi connectivity index (χ0) is 15.1. The molecular weight excluding hydrogens is 324 g/mol. The Balaban J connectivity index is 2.47. The SMILES string of the molecule is CC(C)C(CC(=O)O)NC(=O)NCc1cccc(Br)c1. The van der Waals surface area contributed by atoms with Crippen LogP contribution in [-0.4, -0.2) is 23.1 Å². The number of amides is 2. The van der Waals surface area contributed by atoms with Gasteiger partial charge in [-0.2, -0.15) is 0 Å². The van der Waals surface area contributed by atoms with Crippen molar-refractivity contribution in [2.24, 2.45) is 5.92 Å². The highest BCUT2D eigenvalue weighted by Gasteiger charge is 2.19. The van der Waals surface area contributed by atoms with Gasteiger partial charge in [-0.1, -0.05) is 41.9 Å². The number of nitrogens with one attached hydrogen (secondary N) is 2. The molecule has 1 atom stereocenters. The van der Waals surface area contributed by atoms with Crippen LogP contribution in [0.3, 0.4) is 0 Å². The maximum absolute atomic E-state index is 11.8. The van der Waals surface area contributed by atoms with Crippen LogP contribution >= 0.6 is 15.9 Å². The van der Waals surface area contributed by atoms with Crippen molar-refractivity contribution in [1.29, 1.82) is 0 Å². The molecule has 110 valence electrons. The summed E-state index contributed by atoms with van der Waals surface area (Å²) in [4.78, 5) is 22.5. The highest BCUT2D eigenvalue weighted by Crippen LogP contribution is 2.11. The maximum Gasteiger partial charge on any atom is 0.315 e. The summed E-state index contributed by atoms with van der Waals surface area (Å²) in [7, 11) is 0. The number of hydrogen-bond donors (Lipinski definition) is 3. The Morgan fingerprint density at radius 1 is 1.35 bits per heavy atom. The molecule has 0 aliphatic heterocycles. The lowest BCUT2D eigenvalue weighted by Gasteiger charge is -2.20. The molecule has 0 spiro atoms. The number of aliphatic carboxylic acids is 1. The molecule has 5 nitrogen and oxygen atoms in total. The molecule has 0 aromatic heterocycles. The molecule has 0 heterocycles. The van der Waals surface area contributed by atoms with Crippen LogP contribution in [0.1, 0.15) is 25.8 Å². The highest BCUT2D eigenvalue weighted by molar-refractivity contribution is 9.10. The topological polar surface area (TPSA) is 78.4 Å². The molecule has 0 fully saturated rings. The minimum absolute atomic E-state index is 0.0581. The number of carbonyl (C=O) groups is 2. The van der Waals surface area contributed by atoms with E-state index >= 15 is 0 Å². The van der Waals surface area contributed by atoms with Crippen LogP contribution in [0.5, 0.6) is 0 Å². The molecule has 0 bridgehead atoms. The van der Waals surface area contributed by atoms with Gasteiger partial charge in [0.25, 0.3) is 0 Å². The molecule has 0 aliphatic carbocycles. The van der Waals surface area contributed by atoms with Crippen molar-refractivity contribution in [1.82, 2.24) is 10.6 Å².